The molecule has 174 valence electrons. The molecule has 1 amide bonds. The summed E-state index contributed by atoms with van der Waals surface area (Å²) >= 11 is 6.00. The zero-order chi connectivity index (χ0) is 23.2. The Balaban J connectivity index is 1.48. The predicted molar refractivity (Wildman–Crippen MR) is 127 cm³/mol. The smallest absolute Gasteiger partial charge is 0.256 e. The van der Waals surface area contributed by atoms with Crippen LogP contribution in [0, 0.1) is 0 Å². The minimum absolute atomic E-state index is 0.146. The van der Waals surface area contributed by atoms with E-state index in [0.29, 0.717) is 42.4 Å². The monoisotopic (exact) mass is 469 g/mol. The van der Waals surface area contributed by atoms with Crippen LogP contribution < -0.4 is 15.6 Å². The Morgan fingerprint density at radius 1 is 1.21 bits per heavy atom. The predicted octanol–water partition coefficient (Wildman–Crippen LogP) is 2.59. The number of hydrogen-bond acceptors (Lipinski definition) is 5. The molecule has 9 heteroatoms. The molecule has 0 radical (unpaired) electrons. The third-order valence-corrected chi connectivity index (χ3v) is 6.14. The van der Waals surface area contributed by atoms with Crippen LogP contribution in [-0.2, 0) is 26.1 Å². The van der Waals surface area contributed by atoms with Gasteiger partial charge in [0.2, 0.25) is 0 Å². The van der Waals surface area contributed by atoms with Crippen molar-refractivity contribution in [1.29, 1.82) is 0 Å². The standard InChI is InChI=1S/C24H28ClN5O3/c1-33-21-15-22(31)30-14-13-28(16-18-3-5-19(25)6-4-18)11-7-20(30)23(21)24(32)27-8-2-10-29-12-9-26-17-29/h3-6,9,12,15,17H,2,7-8,10-11,13-14,16H2,1H3,(H,27,32). The number of aryl methyl sites for hydroxylation is 1. The Morgan fingerprint density at radius 2 is 2.03 bits per heavy atom. The second kappa shape index (κ2) is 10.7. The second-order valence-corrected chi connectivity index (χ2v) is 8.52. The Hall–Kier alpha value is -3.10. The summed E-state index contributed by atoms with van der Waals surface area (Å²) in [5.74, 6) is 0.108. The first-order valence-corrected chi connectivity index (χ1v) is 11.4. The number of benzene rings is 1. The van der Waals surface area contributed by atoms with Crippen molar-refractivity contribution in [3.63, 3.8) is 0 Å². The van der Waals surface area contributed by atoms with E-state index in [1.165, 1.54) is 13.2 Å². The Morgan fingerprint density at radius 3 is 2.76 bits per heavy atom. The van der Waals surface area contributed by atoms with Crippen LogP contribution in [0.15, 0.2) is 53.8 Å². The zero-order valence-electron chi connectivity index (χ0n) is 18.7. The number of imidazole rings is 1. The molecule has 0 spiro atoms. The average molecular weight is 470 g/mol. The lowest BCUT2D eigenvalue weighted by Gasteiger charge is -2.19. The van der Waals surface area contributed by atoms with Crippen LogP contribution in [0.3, 0.4) is 0 Å². The van der Waals surface area contributed by atoms with Crippen molar-refractivity contribution in [2.24, 2.45) is 0 Å². The molecule has 3 aromatic rings. The summed E-state index contributed by atoms with van der Waals surface area (Å²) in [4.78, 5) is 32.2. The number of amides is 1. The van der Waals surface area contributed by atoms with Crippen LogP contribution in [-0.4, -0.2) is 51.7 Å². The molecule has 4 rings (SSSR count). The zero-order valence-corrected chi connectivity index (χ0v) is 19.4. The normalized spacial score (nSPS) is 13.9. The maximum atomic E-state index is 13.1. The largest absolute Gasteiger partial charge is 0.496 e. The number of halogens is 1. The van der Waals surface area contributed by atoms with Gasteiger partial charge in [-0.25, -0.2) is 4.98 Å². The maximum Gasteiger partial charge on any atom is 0.256 e. The van der Waals surface area contributed by atoms with Crippen LogP contribution in [0.25, 0.3) is 0 Å². The highest BCUT2D eigenvalue weighted by molar-refractivity contribution is 6.30. The van der Waals surface area contributed by atoms with Gasteiger partial charge < -0.3 is 19.2 Å². The number of ether oxygens (including phenoxy) is 1. The van der Waals surface area contributed by atoms with Crippen LogP contribution in [0.5, 0.6) is 5.75 Å². The van der Waals surface area contributed by atoms with Crippen molar-refractivity contribution in [2.75, 3.05) is 26.7 Å². The van der Waals surface area contributed by atoms with Gasteiger partial charge in [-0.3, -0.25) is 14.5 Å². The molecule has 1 aromatic carbocycles. The van der Waals surface area contributed by atoms with Gasteiger partial charge in [-0.1, -0.05) is 23.7 Å². The van der Waals surface area contributed by atoms with Crippen molar-refractivity contribution in [2.45, 2.75) is 32.5 Å². The summed E-state index contributed by atoms with van der Waals surface area (Å²) < 4.78 is 9.12. The molecule has 1 aliphatic rings. The number of pyridine rings is 1. The van der Waals surface area contributed by atoms with E-state index in [2.05, 4.69) is 15.2 Å². The summed E-state index contributed by atoms with van der Waals surface area (Å²) in [6.07, 6.45) is 6.73. The van der Waals surface area contributed by atoms with Gasteiger partial charge in [-0.2, -0.15) is 0 Å². The molecule has 0 saturated heterocycles. The fourth-order valence-corrected chi connectivity index (χ4v) is 4.30. The highest BCUT2D eigenvalue weighted by Crippen LogP contribution is 2.23. The molecule has 3 heterocycles. The molecule has 1 N–H and O–H groups in total. The van der Waals surface area contributed by atoms with Gasteiger partial charge >= 0.3 is 0 Å². The van der Waals surface area contributed by atoms with Gasteiger partial charge in [0.1, 0.15) is 11.3 Å². The SMILES string of the molecule is COc1cc(=O)n2c(c1C(=O)NCCCn1ccnc1)CCN(Cc1ccc(Cl)cc1)CC2. The Labute approximate surface area is 197 Å². The van der Waals surface area contributed by atoms with Crippen LogP contribution >= 0.6 is 11.6 Å². The van der Waals surface area contributed by atoms with E-state index >= 15 is 0 Å². The molecule has 0 unspecified atom stereocenters. The molecule has 2 aromatic heterocycles. The fourth-order valence-electron chi connectivity index (χ4n) is 4.18. The summed E-state index contributed by atoms with van der Waals surface area (Å²) in [5.41, 5.74) is 2.19. The lowest BCUT2D eigenvalue weighted by Crippen LogP contribution is -2.32. The number of hydrogen-bond donors (Lipinski definition) is 1. The molecule has 0 aliphatic carbocycles. The summed E-state index contributed by atoms with van der Waals surface area (Å²) in [7, 11) is 1.49. The number of nitrogens with zero attached hydrogens (tertiary/aromatic N) is 4. The van der Waals surface area contributed by atoms with Crippen LogP contribution in [0.4, 0.5) is 0 Å². The van der Waals surface area contributed by atoms with Crippen molar-refractivity contribution < 1.29 is 9.53 Å². The molecule has 1 aliphatic heterocycles. The highest BCUT2D eigenvalue weighted by atomic mass is 35.5. The molecule has 8 nitrogen and oxygen atoms in total. The summed E-state index contributed by atoms with van der Waals surface area (Å²) in [6, 6.07) is 9.21. The third-order valence-electron chi connectivity index (χ3n) is 5.89. The molecule has 0 saturated carbocycles. The number of rotatable bonds is 8. The van der Waals surface area contributed by atoms with E-state index in [1.54, 1.807) is 17.1 Å². The number of nitrogens with one attached hydrogen (secondary N) is 1. The maximum absolute atomic E-state index is 13.1. The molecule has 0 bridgehead atoms. The number of aromatic nitrogens is 3. The minimum Gasteiger partial charge on any atom is -0.496 e. The van der Waals surface area contributed by atoms with E-state index < -0.39 is 0 Å². The number of carbonyl (C=O) groups is 1. The first-order chi connectivity index (χ1) is 16.0. The second-order valence-electron chi connectivity index (χ2n) is 8.09. The van der Waals surface area contributed by atoms with E-state index in [0.717, 1.165) is 37.3 Å². The van der Waals surface area contributed by atoms with Gasteiger partial charge in [-0.15, -0.1) is 0 Å². The van der Waals surface area contributed by atoms with E-state index in [9.17, 15) is 9.59 Å². The molecule has 0 atom stereocenters. The third kappa shape index (κ3) is 5.64. The first kappa shape index (κ1) is 23.1. The number of methoxy groups -OCH3 is 1. The van der Waals surface area contributed by atoms with E-state index in [1.807, 2.05) is 35.0 Å². The number of fused-ring (bicyclic) bond motifs is 1. The van der Waals surface area contributed by atoms with Crippen LogP contribution in [0.1, 0.15) is 28.0 Å². The summed E-state index contributed by atoms with van der Waals surface area (Å²) in [5, 5.41) is 3.70. The van der Waals surface area contributed by atoms with Gasteiger partial charge in [0.25, 0.3) is 11.5 Å². The van der Waals surface area contributed by atoms with Gasteiger partial charge in [0, 0.05) is 74.9 Å². The first-order valence-electron chi connectivity index (χ1n) is 11.1. The van der Waals surface area contributed by atoms with E-state index in [4.69, 9.17) is 16.3 Å². The molecular weight excluding hydrogens is 442 g/mol. The van der Waals surface area contributed by atoms with Crippen LogP contribution in [0.2, 0.25) is 5.02 Å². The van der Waals surface area contributed by atoms with Crippen molar-refractivity contribution in [3.8, 4) is 5.75 Å². The minimum atomic E-state index is -0.215. The van der Waals surface area contributed by atoms with Crippen molar-refractivity contribution in [3.05, 3.63) is 81.3 Å². The molecule has 0 fully saturated rings. The van der Waals surface area contributed by atoms with E-state index in [-0.39, 0.29) is 11.5 Å². The van der Waals surface area contributed by atoms with Crippen molar-refractivity contribution >= 4 is 17.5 Å². The Bertz CT molecular complexity index is 1140. The quantitative estimate of drug-likeness (QED) is 0.513. The van der Waals surface area contributed by atoms with Gasteiger partial charge in [0.05, 0.1) is 13.4 Å². The highest BCUT2D eigenvalue weighted by Gasteiger charge is 2.25. The number of carbonyl (C=O) groups excluding carboxylic acids is 1. The fraction of sp³-hybridized carbons (Fsp3) is 0.375. The lowest BCUT2D eigenvalue weighted by molar-refractivity contribution is 0.0947. The van der Waals surface area contributed by atoms with Gasteiger partial charge in [-0.05, 0) is 24.1 Å². The topological polar surface area (TPSA) is 81.4 Å². The van der Waals surface area contributed by atoms with Crippen molar-refractivity contribution in [1.82, 2.24) is 24.3 Å². The van der Waals surface area contributed by atoms with Gasteiger partial charge in [0.15, 0.2) is 0 Å². The molecular formula is C24H28ClN5O3. The average Bonchev–Trinajstić information content (AvgIpc) is 3.25. The molecule has 33 heavy (non-hydrogen) atoms. The lowest BCUT2D eigenvalue weighted by atomic mass is 10.1. The Kier molecular flexibility index (Phi) is 7.47. The summed E-state index contributed by atoms with van der Waals surface area (Å²) in [6.45, 7) is 4.01.